The van der Waals surface area contributed by atoms with Gasteiger partial charge in [-0.15, -0.1) is 0 Å². The minimum absolute atomic E-state index is 0.0779. The monoisotopic (exact) mass is 260 g/mol. The van der Waals surface area contributed by atoms with Gasteiger partial charge in [0.2, 0.25) is 0 Å². The molecule has 2 rings (SSSR count). The first-order chi connectivity index (χ1) is 9.10. The Morgan fingerprint density at radius 3 is 2.37 bits per heavy atom. The number of rotatable bonds is 4. The number of aliphatic hydroxyl groups is 1. The lowest BCUT2D eigenvalue weighted by Crippen LogP contribution is -2.29. The van der Waals surface area contributed by atoms with Crippen molar-refractivity contribution in [2.45, 2.75) is 71.8 Å². The Morgan fingerprint density at radius 2 is 1.79 bits per heavy atom. The van der Waals surface area contributed by atoms with E-state index in [1.165, 1.54) is 36.0 Å². The van der Waals surface area contributed by atoms with Crippen molar-refractivity contribution in [1.82, 2.24) is 0 Å². The molecule has 19 heavy (non-hydrogen) atoms. The van der Waals surface area contributed by atoms with Crippen LogP contribution in [-0.4, -0.2) is 5.11 Å². The van der Waals surface area contributed by atoms with Gasteiger partial charge in [-0.1, -0.05) is 58.2 Å². The summed E-state index contributed by atoms with van der Waals surface area (Å²) in [6.07, 6.45) is 7.94. The predicted molar refractivity (Wildman–Crippen MR) is 81.3 cm³/mol. The molecule has 1 heteroatoms. The quantitative estimate of drug-likeness (QED) is 0.823. The van der Waals surface area contributed by atoms with E-state index >= 15 is 0 Å². The molecule has 0 aliphatic heterocycles. The van der Waals surface area contributed by atoms with Crippen molar-refractivity contribution in [3.8, 4) is 0 Å². The summed E-state index contributed by atoms with van der Waals surface area (Å²) in [7, 11) is 0. The summed E-state index contributed by atoms with van der Waals surface area (Å²) in [4.78, 5) is 0. The average Bonchev–Trinajstić information content (AvgIpc) is 2.46. The number of hydrogen-bond donors (Lipinski definition) is 1. The molecule has 1 fully saturated rings. The van der Waals surface area contributed by atoms with Crippen molar-refractivity contribution in [2.24, 2.45) is 5.41 Å². The van der Waals surface area contributed by atoms with Crippen molar-refractivity contribution in [3.05, 3.63) is 34.9 Å². The molecular formula is C18H28O. The largest absolute Gasteiger partial charge is 0.388 e. The molecule has 1 aromatic rings. The zero-order chi connectivity index (χ0) is 13.9. The molecule has 1 aromatic carbocycles. The van der Waals surface area contributed by atoms with E-state index in [1.807, 2.05) is 0 Å². The van der Waals surface area contributed by atoms with E-state index in [0.29, 0.717) is 0 Å². The Hall–Kier alpha value is -0.820. The smallest absolute Gasteiger partial charge is 0.0846 e. The van der Waals surface area contributed by atoms with Crippen LogP contribution in [-0.2, 0) is 12.8 Å². The second-order valence-electron chi connectivity index (χ2n) is 6.36. The van der Waals surface area contributed by atoms with Crippen LogP contribution in [0.4, 0.5) is 0 Å². The lowest BCUT2D eigenvalue weighted by molar-refractivity contribution is 0.00759. The fraction of sp³-hybridized carbons (Fsp3) is 0.667. The third-order valence-corrected chi connectivity index (χ3v) is 4.95. The van der Waals surface area contributed by atoms with Gasteiger partial charge in [0, 0.05) is 0 Å². The highest BCUT2D eigenvalue weighted by Crippen LogP contribution is 2.46. The van der Waals surface area contributed by atoms with Gasteiger partial charge in [-0.3, -0.25) is 0 Å². The molecule has 0 bridgehead atoms. The minimum Gasteiger partial charge on any atom is -0.388 e. The first-order valence-corrected chi connectivity index (χ1v) is 7.90. The summed E-state index contributed by atoms with van der Waals surface area (Å²) in [6.45, 7) is 6.63. The Labute approximate surface area is 118 Å². The van der Waals surface area contributed by atoms with Crippen LogP contribution in [0, 0.1) is 5.41 Å². The van der Waals surface area contributed by atoms with E-state index in [2.05, 4.69) is 39.0 Å². The molecule has 1 unspecified atom stereocenters. The highest BCUT2D eigenvalue weighted by molar-refractivity contribution is 5.35. The maximum Gasteiger partial charge on any atom is 0.0846 e. The van der Waals surface area contributed by atoms with E-state index in [0.717, 1.165) is 25.7 Å². The van der Waals surface area contributed by atoms with Gasteiger partial charge in [0.1, 0.15) is 0 Å². The van der Waals surface area contributed by atoms with Gasteiger partial charge in [0.25, 0.3) is 0 Å². The van der Waals surface area contributed by atoms with Gasteiger partial charge in [0.05, 0.1) is 6.10 Å². The van der Waals surface area contributed by atoms with Crippen molar-refractivity contribution in [1.29, 1.82) is 0 Å². The molecule has 0 aromatic heterocycles. The predicted octanol–water partition coefficient (Wildman–Crippen LogP) is 4.82. The summed E-state index contributed by atoms with van der Waals surface area (Å²) in [5, 5.41) is 10.9. The highest BCUT2D eigenvalue weighted by Gasteiger charge is 2.36. The maximum absolute atomic E-state index is 10.9. The lowest BCUT2D eigenvalue weighted by atomic mass is 9.69. The molecule has 1 aliphatic carbocycles. The summed E-state index contributed by atoms with van der Waals surface area (Å²) in [5.74, 6) is 0. The van der Waals surface area contributed by atoms with E-state index < -0.39 is 0 Å². The third-order valence-electron chi connectivity index (χ3n) is 4.95. The van der Waals surface area contributed by atoms with Gasteiger partial charge in [-0.05, 0) is 47.8 Å². The Balaban J connectivity index is 2.33. The zero-order valence-electron chi connectivity index (χ0n) is 12.7. The Kier molecular flexibility index (Phi) is 4.67. The van der Waals surface area contributed by atoms with Crippen LogP contribution in [0.3, 0.4) is 0 Å². The van der Waals surface area contributed by atoms with Crippen LogP contribution in [0.15, 0.2) is 18.2 Å². The number of aryl methyl sites for hydroxylation is 2. The SMILES string of the molecule is CCc1ccc(CC)c(C(O)C2(C)CCCCC2)c1. The molecule has 1 N–H and O–H groups in total. The number of benzene rings is 1. The van der Waals surface area contributed by atoms with E-state index in [1.54, 1.807) is 0 Å². The van der Waals surface area contributed by atoms with Crippen LogP contribution in [0.5, 0.6) is 0 Å². The average molecular weight is 260 g/mol. The molecule has 0 amide bonds. The molecule has 1 atom stereocenters. The third kappa shape index (κ3) is 3.02. The molecule has 0 radical (unpaired) electrons. The van der Waals surface area contributed by atoms with Gasteiger partial charge in [0.15, 0.2) is 0 Å². The van der Waals surface area contributed by atoms with Crippen molar-refractivity contribution >= 4 is 0 Å². The summed E-state index contributed by atoms with van der Waals surface area (Å²) in [5.41, 5.74) is 3.92. The molecular weight excluding hydrogens is 232 g/mol. The van der Waals surface area contributed by atoms with Gasteiger partial charge in [-0.2, -0.15) is 0 Å². The lowest BCUT2D eigenvalue weighted by Gasteiger charge is -2.39. The topological polar surface area (TPSA) is 20.2 Å². The maximum atomic E-state index is 10.9. The molecule has 0 spiro atoms. The first-order valence-electron chi connectivity index (χ1n) is 7.90. The fourth-order valence-electron chi connectivity index (χ4n) is 3.45. The standard InChI is InChI=1S/C18H28O/c1-4-14-9-10-15(5-2)16(13-14)17(19)18(3)11-7-6-8-12-18/h9-10,13,17,19H,4-8,11-12H2,1-3H3. The van der Waals surface area contributed by atoms with Crippen LogP contribution < -0.4 is 0 Å². The van der Waals surface area contributed by atoms with Crippen molar-refractivity contribution in [3.63, 3.8) is 0 Å². The molecule has 106 valence electrons. The molecule has 1 nitrogen and oxygen atoms in total. The molecule has 0 heterocycles. The van der Waals surface area contributed by atoms with Crippen LogP contribution in [0.1, 0.15) is 75.7 Å². The fourth-order valence-corrected chi connectivity index (χ4v) is 3.45. The highest BCUT2D eigenvalue weighted by atomic mass is 16.3. The molecule has 1 aliphatic rings. The van der Waals surface area contributed by atoms with E-state index in [4.69, 9.17) is 0 Å². The van der Waals surface area contributed by atoms with E-state index in [9.17, 15) is 5.11 Å². The van der Waals surface area contributed by atoms with Crippen molar-refractivity contribution in [2.75, 3.05) is 0 Å². The van der Waals surface area contributed by atoms with Gasteiger partial charge < -0.3 is 5.11 Å². The molecule has 1 saturated carbocycles. The van der Waals surface area contributed by atoms with Gasteiger partial charge >= 0.3 is 0 Å². The summed E-state index contributed by atoms with van der Waals surface area (Å²) >= 11 is 0. The van der Waals surface area contributed by atoms with Gasteiger partial charge in [-0.25, -0.2) is 0 Å². The van der Waals surface area contributed by atoms with E-state index in [-0.39, 0.29) is 11.5 Å². The number of hydrogen-bond acceptors (Lipinski definition) is 1. The minimum atomic E-state index is -0.297. The summed E-state index contributed by atoms with van der Waals surface area (Å²) in [6, 6.07) is 6.66. The van der Waals surface area contributed by atoms with Crippen molar-refractivity contribution < 1.29 is 5.11 Å². The first kappa shape index (κ1) is 14.6. The molecule has 0 saturated heterocycles. The number of aliphatic hydroxyl groups excluding tert-OH is 1. The normalized spacial score (nSPS) is 20.2. The van der Waals surface area contributed by atoms with Crippen LogP contribution in [0.25, 0.3) is 0 Å². The Morgan fingerprint density at radius 1 is 1.11 bits per heavy atom. The Bertz CT molecular complexity index is 416. The second kappa shape index (κ2) is 6.09. The van der Waals surface area contributed by atoms with Crippen LogP contribution >= 0.6 is 0 Å². The summed E-state index contributed by atoms with van der Waals surface area (Å²) < 4.78 is 0. The van der Waals surface area contributed by atoms with Crippen LogP contribution in [0.2, 0.25) is 0 Å². The zero-order valence-corrected chi connectivity index (χ0v) is 12.7. The second-order valence-corrected chi connectivity index (χ2v) is 6.36.